The van der Waals surface area contributed by atoms with Gasteiger partial charge in [-0.2, -0.15) is 0 Å². The molecule has 2 N–H and O–H groups in total. The van der Waals surface area contributed by atoms with E-state index in [-0.39, 0.29) is 6.04 Å². The van der Waals surface area contributed by atoms with E-state index in [1.54, 1.807) is 0 Å². The van der Waals surface area contributed by atoms with Gasteiger partial charge in [0.25, 0.3) is 0 Å². The van der Waals surface area contributed by atoms with Crippen LogP contribution in [0.1, 0.15) is 12.8 Å². The summed E-state index contributed by atoms with van der Waals surface area (Å²) < 4.78 is 0. The second-order valence-corrected chi connectivity index (χ2v) is 4.39. The molecule has 0 aliphatic heterocycles. The molecule has 0 bridgehead atoms. The Labute approximate surface area is 84.7 Å². The first kappa shape index (κ1) is 8.25. The lowest BCUT2D eigenvalue weighted by Crippen LogP contribution is -2.31. The standard InChI is InChI=1S/C13H15N/c14-13-8-7-10(9-5-6-9)11-3-1-2-4-12(11)13/h1-4,7-9,12-13H,5-6,14H2. The summed E-state index contributed by atoms with van der Waals surface area (Å²) in [6.45, 7) is 0. The third-order valence-corrected chi connectivity index (χ3v) is 3.33. The fraction of sp³-hybridized carbons (Fsp3) is 0.385. The summed E-state index contributed by atoms with van der Waals surface area (Å²) in [6.07, 6.45) is 15.8. The highest BCUT2D eigenvalue weighted by Crippen LogP contribution is 2.43. The van der Waals surface area contributed by atoms with Crippen molar-refractivity contribution < 1.29 is 0 Å². The zero-order chi connectivity index (χ0) is 9.54. The van der Waals surface area contributed by atoms with E-state index in [9.17, 15) is 0 Å². The maximum Gasteiger partial charge on any atom is 0.0332 e. The molecular weight excluding hydrogens is 170 g/mol. The Bertz CT molecular complexity index is 367. The van der Waals surface area contributed by atoms with Crippen molar-refractivity contribution in [2.45, 2.75) is 18.9 Å². The van der Waals surface area contributed by atoms with Crippen LogP contribution in [0.25, 0.3) is 0 Å². The van der Waals surface area contributed by atoms with Gasteiger partial charge in [-0.1, -0.05) is 36.5 Å². The lowest BCUT2D eigenvalue weighted by molar-refractivity contribution is 0.644. The fourth-order valence-corrected chi connectivity index (χ4v) is 2.38. The summed E-state index contributed by atoms with van der Waals surface area (Å²) >= 11 is 0. The summed E-state index contributed by atoms with van der Waals surface area (Å²) in [7, 11) is 0. The highest BCUT2D eigenvalue weighted by Gasteiger charge is 2.32. The average molecular weight is 185 g/mol. The molecule has 2 unspecified atom stereocenters. The molecule has 0 spiro atoms. The van der Waals surface area contributed by atoms with Gasteiger partial charge in [0.1, 0.15) is 0 Å². The van der Waals surface area contributed by atoms with E-state index in [1.165, 1.54) is 24.0 Å². The van der Waals surface area contributed by atoms with Gasteiger partial charge < -0.3 is 5.73 Å². The molecule has 0 amide bonds. The van der Waals surface area contributed by atoms with Gasteiger partial charge >= 0.3 is 0 Å². The SMILES string of the molecule is NC1C=CC(C2CC2)=C2C=CC=CC21. The molecular formula is C13H15N. The molecule has 0 aromatic carbocycles. The van der Waals surface area contributed by atoms with E-state index in [4.69, 9.17) is 5.73 Å². The molecule has 1 heteroatoms. The van der Waals surface area contributed by atoms with E-state index in [1.807, 2.05) is 0 Å². The van der Waals surface area contributed by atoms with Crippen molar-refractivity contribution in [2.75, 3.05) is 0 Å². The van der Waals surface area contributed by atoms with Crippen LogP contribution in [-0.2, 0) is 0 Å². The number of rotatable bonds is 1. The van der Waals surface area contributed by atoms with Crippen molar-refractivity contribution in [3.63, 3.8) is 0 Å². The van der Waals surface area contributed by atoms with E-state index in [0.717, 1.165) is 5.92 Å². The molecule has 1 nitrogen and oxygen atoms in total. The minimum atomic E-state index is 0.175. The summed E-state index contributed by atoms with van der Waals surface area (Å²) in [5, 5.41) is 0. The van der Waals surface area contributed by atoms with E-state index < -0.39 is 0 Å². The molecule has 1 saturated carbocycles. The van der Waals surface area contributed by atoms with Crippen molar-refractivity contribution in [3.8, 4) is 0 Å². The molecule has 0 heterocycles. The van der Waals surface area contributed by atoms with Crippen LogP contribution in [0.15, 0.2) is 47.6 Å². The second kappa shape index (κ2) is 2.96. The predicted octanol–water partition coefficient (Wildman–Crippen LogP) is 2.33. The van der Waals surface area contributed by atoms with Gasteiger partial charge in [-0.15, -0.1) is 0 Å². The summed E-state index contributed by atoms with van der Waals surface area (Å²) in [5.74, 6) is 1.26. The third-order valence-electron chi connectivity index (χ3n) is 3.33. The van der Waals surface area contributed by atoms with Gasteiger partial charge in [0.05, 0.1) is 0 Å². The smallest absolute Gasteiger partial charge is 0.0332 e. The Morgan fingerprint density at radius 1 is 1.00 bits per heavy atom. The van der Waals surface area contributed by atoms with Crippen LogP contribution in [0, 0.1) is 11.8 Å². The minimum Gasteiger partial charge on any atom is -0.324 e. The number of allylic oxidation sites excluding steroid dienone is 5. The van der Waals surface area contributed by atoms with Gasteiger partial charge in [-0.3, -0.25) is 0 Å². The summed E-state index contributed by atoms with van der Waals surface area (Å²) in [4.78, 5) is 0. The molecule has 2 atom stereocenters. The number of fused-ring (bicyclic) bond motifs is 1. The Balaban J connectivity index is 2.05. The first-order valence-electron chi connectivity index (χ1n) is 5.39. The first-order valence-corrected chi connectivity index (χ1v) is 5.39. The molecule has 3 rings (SSSR count). The maximum atomic E-state index is 6.07. The molecule has 0 aromatic rings. The number of hydrogen-bond donors (Lipinski definition) is 1. The Kier molecular flexibility index (Phi) is 1.74. The van der Waals surface area contributed by atoms with Crippen LogP contribution in [0.5, 0.6) is 0 Å². The van der Waals surface area contributed by atoms with E-state index in [2.05, 4.69) is 36.5 Å². The lowest BCUT2D eigenvalue weighted by Gasteiger charge is -2.27. The molecule has 0 aromatic heterocycles. The lowest BCUT2D eigenvalue weighted by atomic mass is 9.80. The molecule has 3 aliphatic carbocycles. The monoisotopic (exact) mass is 185 g/mol. The predicted molar refractivity (Wildman–Crippen MR) is 58.6 cm³/mol. The van der Waals surface area contributed by atoms with Crippen LogP contribution in [0.3, 0.4) is 0 Å². The zero-order valence-electron chi connectivity index (χ0n) is 8.19. The summed E-state index contributed by atoms with van der Waals surface area (Å²) in [6, 6.07) is 0.175. The zero-order valence-corrected chi connectivity index (χ0v) is 8.19. The molecule has 14 heavy (non-hydrogen) atoms. The normalized spacial score (nSPS) is 34.9. The number of hydrogen-bond acceptors (Lipinski definition) is 1. The topological polar surface area (TPSA) is 26.0 Å². The van der Waals surface area contributed by atoms with Gasteiger partial charge in [-0.05, 0) is 29.9 Å². The quantitative estimate of drug-likeness (QED) is 0.666. The fourth-order valence-electron chi connectivity index (χ4n) is 2.38. The van der Waals surface area contributed by atoms with Crippen LogP contribution >= 0.6 is 0 Å². The highest BCUT2D eigenvalue weighted by molar-refractivity contribution is 5.48. The maximum absolute atomic E-state index is 6.07. The van der Waals surface area contributed by atoms with Crippen molar-refractivity contribution in [3.05, 3.63) is 47.6 Å². The third kappa shape index (κ3) is 1.20. The molecule has 72 valence electrons. The second-order valence-electron chi connectivity index (χ2n) is 4.39. The largest absolute Gasteiger partial charge is 0.324 e. The van der Waals surface area contributed by atoms with Crippen LogP contribution in [0.2, 0.25) is 0 Å². The minimum absolute atomic E-state index is 0.175. The molecule has 0 radical (unpaired) electrons. The molecule has 1 fully saturated rings. The average Bonchev–Trinajstić information content (AvgIpc) is 3.03. The number of nitrogens with two attached hydrogens (primary N) is 1. The van der Waals surface area contributed by atoms with E-state index >= 15 is 0 Å². The van der Waals surface area contributed by atoms with Crippen molar-refractivity contribution >= 4 is 0 Å². The highest BCUT2D eigenvalue weighted by atomic mass is 14.6. The van der Waals surface area contributed by atoms with E-state index in [0.29, 0.717) is 5.92 Å². The van der Waals surface area contributed by atoms with Crippen molar-refractivity contribution in [2.24, 2.45) is 17.6 Å². The van der Waals surface area contributed by atoms with Crippen molar-refractivity contribution in [1.29, 1.82) is 0 Å². The Morgan fingerprint density at radius 2 is 1.86 bits per heavy atom. The molecule has 0 saturated heterocycles. The van der Waals surface area contributed by atoms with Gasteiger partial charge in [-0.25, -0.2) is 0 Å². The summed E-state index contributed by atoms with van der Waals surface area (Å²) in [5.41, 5.74) is 9.07. The van der Waals surface area contributed by atoms with Crippen LogP contribution < -0.4 is 5.73 Å². The Morgan fingerprint density at radius 3 is 2.64 bits per heavy atom. The Hall–Kier alpha value is -1.08. The van der Waals surface area contributed by atoms with Crippen LogP contribution in [0.4, 0.5) is 0 Å². The first-order chi connectivity index (χ1) is 6.86. The van der Waals surface area contributed by atoms with Gasteiger partial charge in [0.2, 0.25) is 0 Å². The van der Waals surface area contributed by atoms with Crippen molar-refractivity contribution in [1.82, 2.24) is 0 Å². The van der Waals surface area contributed by atoms with Gasteiger partial charge in [0, 0.05) is 12.0 Å². The van der Waals surface area contributed by atoms with Gasteiger partial charge in [0.15, 0.2) is 0 Å². The molecule has 3 aliphatic rings. The van der Waals surface area contributed by atoms with Crippen LogP contribution in [-0.4, -0.2) is 6.04 Å².